The lowest BCUT2D eigenvalue weighted by atomic mass is 9.93. The highest BCUT2D eigenvalue weighted by atomic mass is 15.2. The van der Waals surface area contributed by atoms with Gasteiger partial charge < -0.3 is 10.6 Å². The molecule has 0 radical (unpaired) electrons. The molecule has 1 aliphatic rings. The van der Waals surface area contributed by atoms with Crippen molar-refractivity contribution in [3.05, 3.63) is 42.2 Å². The number of nitrogens with two attached hydrogens (primary N) is 1. The van der Waals surface area contributed by atoms with Gasteiger partial charge in [-0.05, 0) is 57.5 Å². The Morgan fingerprint density at radius 2 is 2.09 bits per heavy atom. The van der Waals surface area contributed by atoms with Gasteiger partial charge in [0.1, 0.15) is 5.82 Å². The number of nitrogen functional groups attached to an aromatic ring is 1. The van der Waals surface area contributed by atoms with E-state index in [-0.39, 0.29) is 0 Å². The van der Waals surface area contributed by atoms with Crippen LogP contribution in [0.2, 0.25) is 0 Å². The summed E-state index contributed by atoms with van der Waals surface area (Å²) in [6, 6.07) is 10.7. The van der Waals surface area contributed by atoms with E-state index < -0.39 is 0 Å². The van der Waals surface area contributed by atoms with Crippen LogP contribution in [-0.4, -0.2) is 34.0 Å². The Morgan fingerprint density at radius 1 is 1.23 bits per heavy atom. The summed E-state index contributed by atoms with van der Waals surface area (Å²) in [5.41, 5.74) is 8.85. The molecule has 3 rings (SSSR count). The monoisotopic (exact) mass is 296 g/mol. The molecule has 116 valence electrons. The Balaban J connectivity index is 1.83. The second-order valence-corrected chi connectivity index (χ2v) is 6.35. The SMILES string of the molecule is CC(C)N1CCCC(c2cccc(-c3ccc(N)nc3)n2)C1. The lowest BCUT2D eigenvalue weighted by molar-refractivity contribution is 0.166. The normalized spacial score (nSPS) is 19.5. The number of aromatic nitrogens is 2. The minimum Gasteiger partial charge on any atom is -0.384 e. The van der Waals surface area contributed by atoms with Gasteiger partial charge in [0, 0.05) is 36.0 Å². The largest absolute Gasteiger partial charge is 0.384 e. The molecular formula is C18H24N4. The number of nitrogens with zero attached hydrogens (tertiary/aromatic N) is 3. The van der Waals surface area contributed by atoms with E-state index in [0.29, 0.717) is 17.8 Å². The summed E-state index contributed by atoms with van der Waals surface area (Å²) < 4.78 is 0. The van der Waals surface area contributed by atoms with E-state index >= 15 is 0 Å². The van der Waals surface area contributed by atoms with Gasteiger partial charge in [0.2, 0.25) is 0 Å². The highest BCUT2D eigenvalue weighted by Gasteiger charge is 2.23. The molecule has 2 N–H and O–H groups in total. The van der Waals surface area contributed by atoms with Crippen LogP contribution >= 0.6 is 0 Å². The Labute approximate surface area is 132 Å². The highest BCUT2D eigenvalue weighted by Crippen LogP contribution is 2.28. The number of hydrogen-bond acceptors (Lipinski definition) is 4. The second-order valence-electron chi connectivity index (χ2n) is 6.35. The molecule has 1 unspecified atom stereocenters. The highest BCUT2D eigenvalue weighted by molar-refractivity contribution is 5.59. The van der Waals surface area contributed by atoms with Crippen molar-refractivity contribution < 1.29 is 0 Å². The third-order valence-electron chi connectivity index (χ3n) is 4.45. The van der Waals surface area contributed by atoms with Gasteiger partial charge in [-0.15, -0.1) is 0 Å². The van der Waals surface area contributed by atoms with Crippen LogP contribution in [-0.2, 0) is 0 Å². The fourth-order valence-electron chi connectivity index (χ4n) is 3.11. The Kier molecular flexibility index (Phi) is 4.39. The first kappa shape index (κ1) is 15.0. The standard InChI is InChI=1S/C18H24N4/c1-13(2)22-10-4-5-15(12-22)17-7-3-6-16(21-17)14-8-9-18(19)20-11-14/h3,6-9,11,13,15H,4-5,10,12H2,1-2H3,(H2,19,20). The molecule has 1 saturated heterocycles. The van der Waals surface area contributed by atoms with Gasteiger partial charge in [0.15, 0.2) is 0 Å². The number of pyridine rings is 2. The van der Waals surface area contributed by atoms with E-state index in [9.17, 15) is 0 Å². The van der Waals surface area contributed by atoms with E-state index in [1.54, 1.807) is 6.20 Å². The average molecular weight is 296 g/mol. The maximum Gasteiger partial charge on any atom is 0.123 e. The van der Waals surface area contributed by atoms with Crippen molar-refractivity contribution in [3.8, 4) is 11.3 Å². The lowest BCUT2D eigenvalue weighted by Crippen LogP contribution is -2.39. The number of hydrogen-bond donors (Lipinski definition) is 1. The summed E-state index contributed by atoms with van der Waals surface area (Å²) in [6.45, 7) is 6.85. The van der Waals surface area contributed by atoms with Crippen molar-refractivity contribution in [1.82, 2.24) is 14.9 Å². The molecule has 22 heavy (non-hydrogen) atoms. The fraction of sp³-hybridized carbons (Fsp3) is 0.444. The maximum atomic E-state index is 5.66. The molecule has 0 bridgehead atoms. The minimum absolute atomic E-state index is 0.526. The van der Waals surface area contributed by atoms with E-state index in [0.717, 1.165) is 17.8 Å². The van der Waals surface area contributed by atoms with Gasteiger partial charge in [0.05, 0.1) is 5.69 Å². The van der Waals surface area contributed by atoms with Crippen molar-refractivity contribution >= 4 is 5.82 Å². The van der Waals surface area contributed by atoms with E-state index in [1.165, 1.54) is 25.1 Å². The number of rotatable bonds is 3. The molecule has 2 aromatic rings. The van der Waals surface area contributed by atoms with Crippen molar-refractivity contribution in [2.75, 3.05) is 18.8 Å². The van der Waals surface area contributed by atoms with Crippen LogP contribution < -0.4 is 5.73 Å². The molecule has 3 heterocycles. The lowest BCUT2D eigenvalue weighted by Gasteiger charge is -2.35. The minimum atomic E-state index is 0.526. The molecule has 1 aliphatic heterocycles. The van der Waals surface area contributed by atoms with E-state index in [4.69, 9.17) is 10.7 Å². The van der Waals surface area contributed by atoms with Crippen LogP contribution in [0.1, 0.15) is 38.3 Å². The molecule has 1 fully saturated rings. The van der Waals surface area contributed by atoms with E-state index in [2.05, 4.69) is 35.9 Å². The smallest absolute Gasteiger partial charge is 0.123 e. The predicted octanol–water partition coefficient (Wildman–Crippen LogP) is 3.31. The van der Waals surface area contributed by atoms with Crippen molar-refractivity contribution in [2.45, 2.75) is 38.6 Å². The summed E-state index contributed by atoms with van der Waals surface area (Å²) >= 11 is 0. The Bertz CT molecular complexity index is 621. The number of piperidine rings is 1. The van der Waals surface area contributed by atoms with Gasteiger partial charge in [0.25, 0.3) is 0 Å². The van der Waals surface area contributed by atoms with Crippen molar-refractivity contribution in [2.24, 2.45) is 0 Å². The Hall–Kier alpha value is -1.94. The third-order valence-corrected chi connectivity index (χ3v) is 4.45. The van der Waals surface area contributed by atoms with Crippen molar-refractivity contribution in [3.63, 3.8) is 0 Å². The second kappa shape index (κ2) is 6.44. The Morgan fingerprint density at radius 3 is 2.82 bits per heavy atom. The quantitative estimate of drug-likeness (QED) is 0.944. The molecule has 0 spiro atoms. The average Bonchev–Trinajstić information content (AvgIpc) is 2.56. The van der Waals surface area contributed by atoms with Crippen LogP contribution in [0.25, 0.3) is 11.3 Å². The maximum absolute atomic E-state index is 5.66. The van der Waals surface area contributed by atoms with Gasteiger partial charge >= 0.3 is 0 Å². The van der Waals surface area contributed by atoms with Gasteiger partial charge in [-0.2, -0.15) is 0 Å². The molecular weight excluding hydrogens is 272 g/mol. The summed E-state index contributed by atoms with van der Waals surface area (Å²) in [4.78, 5) is 11.6. The van der Waals surface area contributed by atoms with Crippen LogP contribution in [0.15, 0.2) is 36.5 Å². The molecule has 0 aliphatic carbocycles. The molecule has 0 saturated carbocycles. The van der Waals surface area contributed by atoms with Crippen LogP contribution in [0, 0.1) is 0 Å². The molecule has 4 heteroatoms. The zero-order valence-electron chi connectivity index (χ0n) is 13.4. The number of anilines is 1. The number of likely N-dealkylation sites (tertiary alicyclic amines) is 1. The van der Waals surface area contributed by atoms with Gasteiger partial charge in [-0.1, -0.05) is 6.07 Å². The van der Waals surface area contributed by atoms with Crippen LogP contribution in [0.3, 0.4) is 0 Å². The molecule has 2 aromatic heterocycles. The van der Waals surface area contributed by atoms with Gasteiger partial charge in [-0.25, -0.2) is 4.98 Å². The summed E-state index contributed by atoms with van der Waals surface area (Å²) in [5.74, 6) is 1.07. The molecule has 0 aromatic carbocycles. The van der Waals surface area contributed by atoms with E-state index in [1.807, 2.05) is 18.2 Å². The first-order valence-corrected chi connectivity index (χ1v) is 8.06. The van der Waals surface area contributed by atoms with Crippen LogP contribution in [0.5, 0.6) is 0 Å². The van der Waals surface area contributed by atoms with Crippen LogP contribution in [0.4, 0.5) is 5.82 Å². The fourth-order valence-corrected chi connectivity index (χ4v) is 3.11. The first-order chi connectivity index (χ1) is 10.6. The third kappa shape index (κ3) is 3.28. The zero-order valence-corrected chi connectivity index (χ0v) is 13.4. The summed E-state index contributed by atoms with van der Waals surface area (Å²) in [5, 5.41) is 0. The predicted molar refractivity (Wildman–Crippen MR) is 90.6 cm³/mol. The molecule has 1 atom stereocenters. The first-order valence-electron chi connectivity index (χ1n) is 8.06. The summed E-state index contributed by atoms with van der Waals surface area (Å²) in [7, 11) is 0. The topological polar surface area (TPSA) is 55.0 Å². The molecule has 4 nitrogen and oxygen atoms in total. The summed E-state index contributed by atoms with van der Waals surface area (Å²) in [6.07, 6.45) is 4.26. The van der Waals surface area contributed by atoms with Crippen molar-refractivity contribution in [1.29, 1.82) is 0 Å². The zero-order chi connectivity index (χ0) is 15.5. The van der Waals surface area contributed by atoms with Gasteiger partial charge in [-0.3, -0.25) is 4.98 Å². The molecule has 0 amide bonds.